The van der Waals surface area contributed by atoms with Gasteiger partial charge in [0.1, 0.15) is 11.5 Å². The first kappa shape index (κ1) is 23.3. The van der Waals surface area contributed by atoms with Gasteiger partial charge in [0.25, 0.3) is 0 Å². The molecule has 0 aliphatic carbocycles. The molecule has 33 heavy (non-hydrogen) atoms. The van der Waals surface area contributed by atoms with E-state index in [1.165, 1.54) is 6.07 Å². The fourth-order valence-electron chi connectivity index (χ4n) is 4.09. The maximum Gasteiger partial charge on any atom is 0.416 e. The zero-order valence-electron chi connectivity index (χ0n) is 18.5. The first-order chi connectivity index (χ1) is 16.0. The lowest BCUT2D eigenvalue weighted by Gasteiger charge is -2.35. The Labute approximate surface area is 192 Å². The second kappa shape index (κ2) is 10.8. The van der Waals surface area contributed by atoms with E-state index in [9.17, 15) is 13.2 Å². The number of hydrogen-bond donors (Lipinski definition) is 0. The van der Waals surface area contributed by atoms with Gasteiger partial charge in [-0.3, -0.25) is 4.90 Å². The van der Waals surface area contributed by atoms with Crippen molar-refractivity contribution in [3.63, 3.8) is 0 Å². The first-order valence-corrected chi connectivity index (χ1v) is 11.3. The summed E-state index contributed by atoms with van der Waals surface area (Å²) in [5, 5.41) is 4.11. The molecule has 0 spiro atoms. The lowest BCUT2D eigenvalue weighted by molar-refractivity contribution is -0.138. The predicted octanol–water partition coefficient (Wildman–Crippen LogP) is 5.61. The van der Waals surface area contributed by atoms with Crippen LogP contribution in [0.2, 0.25) is 0 Å². The third-order valence-corrected chi connectivity index (χ3v) is 5.90. The van der Waals surface area contributed by atoms with Crippen molar-refractivity contribution >= 4 is 12.2 Å². The normalized spacial score (nSPS) is 16.0. The number of piperazine rings is 1. The number of benzene rings is 2. The number of nitrogens with zero attached hydrogens (tertiary/aromatic N) is 3. The highest BCUT2D eigenvalue weighted by molar-refractivity contribution is 5.67. The quantitative estimate of drug-likeness (QED) is 0.442. The Morgan fingerprint density at radius 3 is 2.33 bits per heavy atom. The lowest BCUT2D eigenvalue weighted by atomic mass is 10.1. The summed E-state index contributed by atoms with van der Waals surface area (Å²) in [6.45, 7) is 4.51. The molecule has 1 aromatic heterocycles. The average Bonchev–Trinajstić information content (AvgIpc) is 3.27. The fraction of sp³-hybridized carbons (Fsp3) is 0.346. The second-order valence-electron chi connectivity index (χ2n) is 8.34. The Kier molecular flexibility index (Phi) is 7.62. The minimum absolute atomic E-state index is 0.334. The molecule has 0 bridgehead atoms. The summed E-state index contributed by atoms with van der Waals surface area (Å²) >= 11 is 0. The molecule has 0 radical (unpaired) electrons. The molecule has 174 valence electrons. The van der Waals surface area contributed by atoms with E-state index in [2.05, 4.69) is 15.0 Å². The van der Waals surface area contributed by atoms with E-state index < -0.39 is 11.7 Å². The summed E-state index contributed by atoms with van der Waals surface area (Å²) < 4.78 is 45.1. The molecule has 0 saturated carbocycles. The largest absolute Gasteiger partial charge is 0.416 e. The van der Waals surface area contributed by atoms with E-state index in [-0.39, 0.29) is 0 Å². The van der Waals surface area contributed by atoms with Gasteiger partial charge in [0.2, 0.25) is 0 Å². The summed E-state index contributed by atoms with van der Waals surface area (Å²) in [7, 11) is 0. The van der Waals surface area contributed by atoms with Crippen LogP contribution in [0.5, 0.6) is 0 Å². The average molecular weight is 456 g/mol. The molecule has 7 heteroatoms. The fourth-order valence-corrected chi connectivity index (χ4v) is 4.09. The first-order valence-electron chi connectivity index (χ1n) is 11.3. The Bertz CT molecular complexity index is 1040. The van der Waals surface area contributed by atoms with Gasteiger partial charge in [-0.15, -0.1) is 0 Å². The number of halogens is 3. The molecule has 0 N–H and O–H groups in total. The number of alkyl halides is 3. The number of rotatable bonds is 8. The van der Waals surface area contributed by atoms with Crippen LogP contribution in [-0.2, 0) is 19.1 Å². The summed E-state index contributed by atoms with van der Waals surface area (Å²) in [4.78, 5) is 4.46. The van der Waals surface area contributed by atoms with Crippen molar-refractivity contribution in [2.24, 2.45) is 0 Å². The summed E-state index contributed by atoms with van der Waals surface area (Å²) in [6, 6.07) is 17.9. The molecule has 0 amide bonds. The zero-order chi connectivity index (χ0) is 23.1. The SMILES string of the molecule is FC(F)(F)c1ccccc1CN1CCN(CCCc2cc(/C=C/c3ccccc3)no2)CC1. The van der Waals surface area contributed by atoms with Crippen LogP contribution in [0, 0.1) is 0 Å². The highest BCUT2D eigenvalue weighted by Gasteiger charge is 2.33. The molecule has 0 atom stereocenters. The second-order valence-corrected chi connectivity index (χ2v) is 8.34. The molecule has 1 aliphatic heterocycles. The van der Waals surface area contributed by atoms with E-state index >= 15 is 0 Å². The van der Waals surface area contributed by atoms with Crippen LogP contribution < -0.4 is 0 Å². The van der Waals surface area contributed by atoms with E-state index in [4.69, 9.17) is 4.52 Å². The minimum atomic E-state index is -4.31. The lowest BCUT2D eigenvalue weighted by Crippen LogP contribution is -2.46. The van der Waals surface area contributed by atoms with Gasteiger partial charge < -0.3 is 9.42 Å². The van der Waals surface area contributed by atoms with Gasteiger partial charge in [-0.2, -0.15) is 13.2 Å². The minimum Gasteiger partial charge on any atom is -0.361 e. The van der Waals surface area contributed by atoms with Crippen molar-refractivity contribution in [2.75, 3.05) is 32.7 Å². The molecule has 0 unspecified atom stereocenters. The van der Waals surface area contributed by atoms with Crippen molar-refractivity contribution in [3.05, 3.63) is 88.8 Å². The zero-order valence-corrected chi connectivity index (χ0v) is 18.5. The Hall–Kier alpha value is -2.90. The van der Waals surface area contributed by atoms with Crippen LogP contribution in [0.3, 0.4) is 0 Å². The number of aryl methyl sites for hydroxylation is 1. The molecular formula is C26H28F3N3O. The van der Waals surface area contributed by atoms with Gasteiger partial charge in [0.15, 0.2) is 0 Å². The van der Waals surface area contributed by atoms with Gasteiger partial charge in [-0.25, -0.2) is 0 Å². The van der Waals surface area contributed by atoms with Crippen LogP contribution in [-0.4, -0.2) is 47.7 Å². The molecule has 2 heterocycles. The van der Waals surface area contributed by atoms with Gasteiger partial charge in [0.05, 0.1) is 5.56 Å². The molecule has 2 aromatic carbocycles. The maximum absolute atomic E-state index is 13.2. The predicted molar refractivity (Wildman–Crippen MR) is 123 cm³/mol. The summed E-state index contributed by atoms with van der Waals surface area (Å²) in [5.41, 5.74) is 1.74. The van der Waals surface area contributed by atoms with Crippen LogP contribution in [0.25, 0.3) is 12.2 Å². The van der Waals surface area contributed by atoms with E-state index in [0.717, 1.165) is 68.6 Å². The highest BCUT2D eigenvalue weighted by Crippen LogP contribution is 2.32. The van der Waals surface area contributed by atoms with Crippen LogP contribution in [0.1, 0.15) is 34.6 Å². The molecule has 1 aliphatic rings. The number of hydrogen-bond acceptors (Lipinski definition) is 4. The highest BCUT2D eigenvalue weighted by atomic mass is 19.4. The van der Waals surface area contributed by atoms with Crippen molar-refractivity contribution in [1.29, 1.82) is 0 Å². The topological polar surface area (TPSA) is 32.5 Å². The van der Waals surface area contributed by atoms with Gasteiger partial charge in [0, 0.05) is 45.2 Å². The number of aromatic nitrogens is 1. The van der Waals surface area contributed by atoms with Gasteiger partial charge in [-0.05, 0) is 36.2 Å². The van der Waals surface area contributed by atoms with Crippen LogP contribution in [0.15, 0.2) is 65.2 Å². The third kappa shape index (κ3) is 6.79. The van der Waals surface area contributed by atoms with E-state index in [0.29, 0.717) is 12.1 Å². The molecule has 4 nitrogen and oxygen atoms in total. The Balaban J connectivity index is 1.19. The van der Waals surface area contributed by atoms with E-state index in [1.54, 1.807) is 12.1 Å². The molecular weight excluding hydrogens is 427 g/mol. The van der Waals surface area contributed by atoms with Crippen molar-refractivity contribution in [3.8, 4) is 0 Å². The van der Waals surface area contributed by atoms with Crippen LogP contribution in [0.4, 0.5) is 13.2 Å². The van der Waals surface area contributed by atoms with E-state index in [1.807, 2.05) is 48.6 Å². The van der Waals surface area contributed by atoms with Crippen molar-refractivity contribution < 1.29 is 17.7 Å². The molecule has 1 fully saturated rings. The Morgan fingerprint density at radius 2 is 1.58 bits per heavy atom. The summed E-state index contributed by atoms with van der Waals surface area (Å²) in [6.07, 6.45) is 1.41. The van der Waals surface area contributed by atoms with Crippen molar-refractivity contribution in [2.45, 2.75) is 25.6 Å². The Morgan fingerprint density at radius 1 is 0.879 bits per heavy atom. The standard InChI is InChI=1S/C26H28F3N3O/c27-26(28,29)25-11-5-4-9-22(25)20-32-17-15-31(16-18-32)14-6-10-24-19-23(30-33-24)13-12-21-7-2-1-3-8-21/h1-5,7-9,11-13,19H,6,10,14-18,20H2/b13-12+. The van der Waals surface area contributed by atoms with Gasteiger partial charge >= 0.3 is 6.18 Å². The van der Waals surface area contributed by atoms with Crippen molar-refractivity contribution in [1.82, 2.24) is 15.0 Å². The summed E-state index contributed by atoms with van der Waals surface area (Å²) in [5.74, 6) is 0.866. The maximum atomic E-state index is 13.2. The molecule has 3 aromatic rings. The van der Waals surface area contributed by atoms with Gasteiger partial charge in [-0.1, -0.05) is 59.8 Å². The monoisotopic (exact) mass is 455 g/mol. The smallest absolute Gasteiger partial charge is 0.361 e. The molecule has 4 rings (SSSR count). The van der Waals surface area contributed by atoms with Crippen LogP contribution >= 0.6 is 0 Å². The third-order valence-electron chi connectivity index (χ3n) is 5.90. The molecule has 1 saturated heterocycles.